The normalized spacial score (nSPS) is 12.2. The molecular formula is C19H34N2O2S2. The summed E-state index contributed by atoms with van der Waals surface area (Å²) in [5.74, 6) is 0.978. The molecule has 0 aliphatic carbocycles. The maximum atomic E-state index is 5.53. The van der Waals surface area contributed by atoms with E-state index in [-0.39, 0.29) is 9.49 Å². The first-order chi connectivity index (χ1) is 11.7. The minimum absolute atomic E-state index is 0.0505. The number of thiol groups is 1. The Hall–Kier alpha value is -0.560. The van der Waals surface area contributed by atoms with E-state index in [4.69, 9.17) is 9.47 Å². The lowest BCUT2D eigenvalue weighted by molar-refractivity contribution is 0.0789. The summed E-state index contributed by atoms with van der Waals surface area (Å²) in [7, 11) is 1.69. The van der Waals surface area contributed by atoms with Gasteiger partial charge in [0, 0.05) is 35.4 Å². The lowest BCUT2D eigenvalue weighted by Crippen LogP contribution is -2.28. The van der Waals surface area contributed by atoms with E-state index >= 15 is 0 Å². The van der Waals surface area contributed by atoms with Crippen molar-refractivity contribution in [3.05, 3.63) is 24.3 Å². The van der Waals surface area contributed by atoms with Crippen LogP contribution in [0.15, 0.2) is 24.3 Å². The van der Waals surface area contributed by atoms with Crippen molar-refractivity contribution in [2.45, 2.75) is 37.2 Å². The van der Waals surface area contributed by atoms with E-state index in [1.165, 1.54) is 0 Å². The van der Waals surface area contributed by atoms with Gasteiger partial charge in [-0.15, -0.1) is 0 Å². The Balaban J connectivity index is 2.42. The van der Waals surface area contributed by atoms with Crippen LogP contribution >= 0.6 is 24.4 Å². The van der Waals surface area contributed by atoms with Crippen LogP contribution in [-0.4, -0.2) is 55.3 Å². The molecule has 0 aromatic heterocycles. The molecule has 1 aromatic rings. The molecule has 0 radical (unpaired) electrons. The smallest absolute Gasteiger partial charge is 0.0700 e. The van der Waals surface area contributed by atoms with Crippen LogP contribution in [0.2, 0.25) is 0 Å². The molecule has 0 saturated carbocycles. The van der Waals surface area contributed by atoms with Crippen molar-refractivity contribution < 1.29 is 9.47 Å². The highest BCUT2D eigenvalue weighted by atomic mass is 32.2. The summed E-state index contributed by atoms with van der Waals surface area (Å²) in [5.41, 5.74) is 2.25. The molecule has 0 unspecified atom stereocenters. The lowest BCUT2D eigenvalue weighted by atomic mass is 10.1. The second-order valence-electron chi connectivity index (χ2n) is 7.28. The topological polar surface area (TPSA) is 42.5 Å². The molecule has 2 N–H and O–H groups in total. The highest BCUT2D eigenvalue weighted by Gasteiger charge is 2.19. The van der Waals surface area contributed by atoms with Crippen molar-refractivity contribution in [2.75, 3.05) is 56.4 Å². The molecule has 0 spiro atoms. The molecule has 1 rings (SSSR count). The number of methoxy groups -OCH3 is 1. The minimum Gasteiger partial charge on any atom is -0.382 e. The maximum Gasteiger partial charge on any atom is 0.0700 e. The van der Waals surface area contributed by atoms with Gasteiger partial charge < -0.3 is 20.1 Å². The molecule has 0 amide bonds. The van der Waals surface area contributed by atoms with E-state index in [1.807, 2.05) is 11.8 Å². The van der Waals surface area contributed by atoms with Crippen molar-refractivity contribution in [2.24, 2.45) is 0 Å². The zero-order valence-corrected chi connectivity index (χ0v) is 17.9. The Morgan fingerprint density at radius 2 is 1.56 bits per heavy atom. The molecule has 25 heavy (non-hydrogen) atoms. The molecular weight excluding hydrogens is 352 g/mol. The molecule has 1 aromatic carbocycles. The van der Waals surface area contributed by atoms with Gasteiger partial charge in [0.1, 0.15) is 0 Å². The minimum atomic E-state index is -0.0505. The molecule has 6 heteroatoms. The summed E-state index contributed by atoms with van der Waals surface area (Å²) < 4.78 is 10.6. The second kappa shape index (κ2) is 11.2. The van der Waals surface area contributed by atoms with E-state index in [2.05, 4.69) is 75.2 Å². The standard InChI is InChI=1S/C19H34N2O2S2/c1-18(2,24)14-20-16-8-6-7-9-17(16)21-15-19(3,4)25-13-12-23-11-10-22-5/h6-9,20-21,24H,10-15H2,1-5H3. The van der Waals surface area contributed by atoms with Crippen LogP contribution in [0.3, 0.4) is 0 Å². The first-order valence-corrected chi connectivity index (χ1v) is 10.2. The third-order valence-corrected chi connectivity index (χ3v) is 4.95. The molecule has 0 aliphatic rings. The number of benzene rings is 1. The van der Waals surface area contributed by atoms with Crippen LogP contribution in [0.4, 0.5) is 11.4 Å². The summed E-state index contributed by atoms with van der Waals surface area (Å²) in [6, 6.07) is 8.33. The average molecular weight is 387 g/mol. The fourth-order valence-electron chi connectivity index (χ4n) is 2.08. The Morgan fingerprint density at radius 3 is 2.12 bits per heavy atom. The lowest BCUT2D eigenvalue weighted by Gasteiger charge is -2.26. The van der Waals surface area contributed by atoms with Crippen molar-refractivity contribution in [1.82, 2.24) is 0 Å². The SMILES string of the molecule is COCCOCCSC(C)(C)CNc1ccccc1NCC(C)(C)S. The number of ether oxygens (including phenoxy) is 2. The first kappa shape index (κ1) is 22.5. The summed E-state index contributed by atoms with van der Waals surface area (Å²) in [6.07, 6.45) is 0. The maximum absolute atomic E-state index is 5.53. The van der Waals surface area contributed by atoms with E-state index < -0.39 is 0 Å². The summed E-state index contributed by atoms with van der Waals surface area (Å²) in [5, 5.41) is 7.07. The average Bonchev–Trinajstić information content (AvgIpc) is 2.54. The number of hydrogen-bond donors (Lipinski definition) is 3. The Kier molecular flexibility index (Phi) is 10.1. The van der Waals surface area contributed by atoms with Crippen LogP contribution in [-0.2, 0) is 9.47 Å². The van der Waals surface area contributed by atoms with Gasteiger partial charge in [-0.05, 0) is 39.8 Å². The molecule has 0 atom stereocenters. The van der Waals surface area contributed by atoms with E-state index in [9.17, 15) is 0 Å². The van der Waals surface area contributed by atoms with Crippen molar-refractivity contribution in [3.63, 3.8) is 0 Å². The Bertz CT molecular complexity index is 491. The van der Waals surface area contributed by atoms with Crippen LogP contribution in [0.25, 0.3) is 0 Å². The third kappa shape index (κ3) is 10.9. The third-order valence-electron chi connectivity index (χ3n) is 3.50. The van der Waals surface area contributed by atoms with Crippen LogP contribution in [0.1, 0.15) is 27.7 Å². The molecule has 144 valence electrons. The van der Waals surface area contributed by atoms with Gasteiger partial charge in [0.25, 0.3) is 0 Å². The number of anilines is 2. The van der Waals surface area contributed by atoms with Gasteiger partial charge in [-0.3, -0.25) is 0 Å². The molecule has 0 fully saturated rings. The number of nitrogens with one attached hydrogen (secondary N) is 2. The largest absolute Gasteiger partial charge is 0.382 e. The van der Waals surface area contributed by atoms with Gasteiger partial charge in [0.2, 0.25) is 0 Å². The molecule has 0 saturated heterocycles. The van der Waals surface area contributed by atoms with E-state index in [1.54, 1.807) is 7.11 Å². The summed E-state index contributed by atoms with van der Waals surface area (Å²) in [4.78, 5) is 0. The zero-order valence-electron chi connectivity index (χ0n) is 16.2. The van der Waals surface area contributed by atoms with Gasteiger partial charge >= 0.3 is 0 Å². The summed E-state index contributed by atoms with van der Waals surface area (Å²) in [6.45, 7) is 12.5. The van der Waals surface area contributed by atoms with Crippen molar-refractivity contribution in [1.29, 1.82) is 0 Å². The van der Waals surface area contributed by atoms with Crippen molar-refractivity contribution in [3.8, 4) is 0 Å². The van der Waals surface area contributed by atoms with Crippen LogP contribution in [0.5, 0.6) is 0 Å². The fourth-order valence-corrected chi connectivity index (χ4v) is 3.09. The van der Waals surface area contributed by atoms with Gasteiger partial charge in [0.15, 0.2) is 0 Å². The molecule has 0 aliphatic heterocycles. The van der Waals surface area contributed by atoms with E-state index in [0.29, 0.717) is 13.2 Å². The second-order valence-corrected chi connectivity index (χ2v) is 10.3. The number of para-hydroxylation sites is 2. The zero-order chi connectivity index (χ0) is 18.8. The van der Waals surface area contributed by atoms with Crippen LogP contribution in [0, 0.1) is 0 Å². The van der Waals surface area contributed by atoms with Gasteiger partial charge in [0.05, 0.1) is 31.2 Å². The van der Waals surface area contributed by atoms with Crippen LogP contribution < -0.4 is 10.6 Å². The Morgan fingerprint density at radius 1 is 0.960 bits per heavy atom. The fraction of sp³-hybridized carbons (Fsp3) is 0.684. The highest BCUT2D eigenvalue weighted by molar-refractivity contribution is 8.00. The van der Waals surface area contributed by atoms with Gasteiger partial charge in [-0.25, -0.2) is 0 Å². The summed E-state index contributed by atoms with van der Waals surface area (Å²) >= 11 is 6.50. The molecule has 0 bridgehead atoms. The monoisotopic (exact) mass is 386 g/mol. The highest BCUT2D eigenvalue weighted by Crippen LogP contribution is 2.28. The predicted octanol–water partition coefficient (Wildman–Crippen LogP) is 4.39. The number of rotatable bonds is 13. The first-order valence-electron chi connectivity index (χ1n) is 8.73. The number of thioether (sulfide) groups is 1. The Labute approximate surface area is 163 Å². The molecule has 4 nitrogen and oxygen atoms in total. The number of hydrogen-bond acceptors (Lipinski definition) is 6. The van der Waals surface area contributed by atoms with E-state index in [0.717, 1.165) is 36.8 Å². The molecule has 0 heterocycles. The predicted molar refractivity (Wildman–Crippen MR) is 116 cm³/mol. The van der Waals surface area contributed by atoms with Crippen molar-refractivity contribution >= 4 is 35.8 Å². The van der Waals surface area contributed by atoms with Gasteiger partial charge in [-0.2, -0.15) is 24.4 Å². The quantitative estimate of drug-likeness (QED) is 0.346. The van der Waals surface area contributed by atoms with Gasteiger partial charge in [-0.1, -0.05) is 12.1 Å².